The van der Waals surface area contributed by atoms with Crippen LogP contribution in [0.5, 0.6) is 0 Å². The first-order valence-corrected chi connectivity index (χ1v) is 10.9. The average molecular weight is 411 g/mol. The highest BCUT2D eigenvalue weighted by Gasteiger charge is 2.22. The number of hydrogen-bond donors (Lipinski definition) is 0. The quantitative estimate of drug-likeness (QED) is 0.497. The van der Waals surface area contributed by atoms with Crippen molar-refractivity contribution >= 4 is 22.5 Å². The third-order valence-electron chi connectivity index (χ3n) is 5.92. The molecule has 1 aliphatic heterocycles. The summed E-state index contributed by atoms with van der Waals surface area (Å²) in [5, 5.41) is 11.7. The fourth-order valence-corrected chi connectivity index (χ4v) is 4.11. The lowest BCUT2D eigenvalue weighted by atomic mass is 10.0. The smallest absolute Gasteiger partial charge is 0.225 e. The molecule has 1 saturated heterocycles. The van der Waals surface area contributed by atoms with Crippen LogP contribution in [0.25, 0.3) is 10.8 Å². The minimum Gasteiger partial charge on any atom is -0.351 e. The molecule has 2 aromatic heterocycles. The third-order valence-corrected chi connectivity index (χ3v) is 5.92. The van der Waals surface area contributed by atoms with E-state index in [0.29, 0.717) is 0 Å². The van der Waals surface area contributed by atoms with Gasteiger partial charge in [-0.25, -0.2) is 9.97 Å². The average Bonchev–Trinajstić information content (AvgIpc) is 2.85. The van der Waals surface area contributed by atoms with E-state index < -0.39 is 0 Å². The Bertz CT molecular complexity index is 1150. The van der Waals surface area contributed by atoms with Crippen LogP contribution in [-0.2, 0) is 12.8 Å². The van der Waals surface area contributed by atoms with E-state index in [9.17, 15) is 0 Å². The maximum atomic E-state index is 4.67. The van der Waals surface area contributed by atoms with E-state index in [1.165, 1.54) is 21.9 Å². The second-order valence-corrected chi connectivity index (χ2v) is 7.90. The van der Waals surface area contributed by atoms with Crippen molar-refractivity contribution in [3.05, 3.63) is 83.8 Å². The summed E-state index contributed by atoms with van der Waals surface area (Å²) in [5.41, 5.74) is 3.44. The highest BCUT2D eigenvalue weighted by atomic mass is 15.3. The van der Waals surface area contributed by atoms with Crippen molar-refractivity contribution in [2.24, 2.45) is 0 Å². The van der Waals surface area contributed by atoms with Gasteiger partial charge in [-0.05, 0) is 17.5 Å². The number of fused-ring (bicyclic) bond motifs is 1. The Kier molecular flexibility index (Phi) is 5.44. The number of aryl methyl sites for hydroxylation is 1. The molecule has 4 aromatic rings. The normalized spacial score (nSPS) is 14.2. The van der Waals surface area contributed by atoms with Gasteiger partial charge in [0, 0.05) is 55.8 Å². The summed E-state index contributed by atoms with van der Waals surface area (Å²) in [7, 11) is 0. The number of aromatic nitrogens is 4. The van der Waals surface area contributed by atoms with E-state index in [4.69, 9.17) is 0 Å². The Morgan fingerprint density at radius 1 is 0.710 bits per heavy atom. The Labute approximate surface area is 182 Å². The molecule has 0 unspecified atom stereocenters. The molecule has 156 valence electrons. The van der Waals surface area contributed by atoms with Crippen molar-refractivity contribution in [1.29, 1.82) is 0 Å². The van der Waals surface area contributed by atoms with Gasteiger partial charge in [0.1, 0.15) is 0 Å². The maximum absolute atomic E-state index is 4.67. The van der Waals surface area contributed by atoms with E-state index in [-0.39, 0.29) is 0 Å². The first-order chi connectivity index (χ1) is 15.3. The second-order valence-electron chi connectivity index (χ2n) is 7.90. The van der Waals surface area contributed by atoms with Crippen molar-refractivity contribution in [2.75, 3.05) is 36.0 Å². The standard InChI is InChI=1S/C25H26N6/c1-2-19-17-26-25(27-18-19)31-14-12-30(13-15-31)24-22-11-7-6-10-21(22)23(28-29-24)16-20-8-4-3-5-9-20/h3-11,17-18H,2,12-16H2,1H3. The van der Waals surface area contributed by atoms with Crippen molar-refractivity contribution in [1.82, 2.24) is 20.2 Å². The van der Waals surface area contributed by atoms with Gasteiger partial charge in [0.05, 0.1) is 5.69 Å². The lowest BCUT2D eigenvalue weighted by molar-refractivity contribution is 0.632. The predicted octanol–water partition coefficient (Wildman–Crippen LogP) is 3.90. The zero-order valence-corrected chi connectivity index (χ0v) is 17.8. The molecule has 6 nitrogen and oxygen atoms in total. The van der Waals surface area contributed by atoms with E-state index in [1.807, 2.05) is 18.5 Å². The highest BCUT2D eigenvalue weighted by Crippen LogP contribution is 2.28. The van der Waals surface area contributed by atoms with Gasteiger partial charge in [-0.2, -0.15) is 5.10 Å². The van der Waals surface area contributed by atoms with Crippen LogP contribution >= 0.6 is 0 Å². The monoisotopic (exact) mass is 410 g/mol. The fraction of sp³-hybridized carbons (Fsp3) is 0.280. The summed E-state index contributed by atoms with van der Waals surface area (Å²) >= 11 is 0. The van der Waals surface area contributed by atoms with Gasteiger partial charge < -0.3 is 9.80 Å². The number of hydrogen-bond acceptors (Lipinski definition) is 6. The summed E-state index contributed by atoms with van der Waals surface area (Å²) in [5.74, 6) is 1.78. The summed E-state index contributed by atoms with van der Waals surface area (Å²) in [6.45, 7) is 5.60. The molecule has 0 atom stereocenters. The lowest BCUT2D eigenvalue weighted by Crippen LogP contribution is -2.47. The van der Waals surface area contributed by atoms with E-state index in [0.717, 1.165) is 56.5 Å². The van der Waals surface area contributed by atoms with Crippen LogP contribution in [0.2, 0.25) is 0 Å². The Morgan fingerprint density at radius 3 is 2.06 bits per heavy atom. The maximum Gasteiger partial charge on any atom is 0.225 e. The van der Waals surface area contributed by atoms with Crippen LogP contribution in [-0.4, -0.2) is 46.3 Å². The molecule has 0 aliphatic carbocycles. The summed E-state index contributed by atoms with van der Waals surface area (Å²) in [6.07, 6.45) is 5.60. The van der Waals surface area contributed by atoms with Crippen LogP contribution in [0, 0.1) is 0 Å². The molecule has 3 heterocycles. The number of anilines is 2. The first kappa shape index (κ1) is 19.4. The number of benzene rings is 2. The number of piperazine rings is 1. The van der Waals surface area contributed by atoms with Crippen molar-refractivity contribution in [3.8, 4) is 0 Å². The topological polar surface area (TPSA) is 58.0 Å². The zero-order valence-electron chi connectivity index (χ0n) is 17.8. The van der Waals surface area contributed by atoms with E-state index >= 15 is 0 Å². The molecule has 5 rings (SSSR count). The van der Waals surface area contributed by atoms with E-state index in [1.54, 1.807) is 0 Å². The molecule has 0 radical (unpaired) electrons. The van der Waals surface area contributed by atoms with Crippen molar-refractivity contribution < 1.29 is 0 Å². The second kappa shape index (κ2) is 8.68. The molecule has 6 heteroatoms. The van der Waals surface area contributed by atoms with Gasteiger partial charge in [0.2, 0.25) is 5.95 Å². The van der Waals surface area contributed by atoms with Gasteiger partial charge in [-0.15, -0.1) is 5.10 Å². The number of rotatable bonds is 5. The number of nitrogens with zero attached hydrogens (tertiary/aromatic N) is 6. The van der Waals surface area contributed by atoms with Gasteiger partial charge in [-0.3, -0.25) is 0 Å². The summed E-state index contributed by atoms with van der Waals surface area (Å²) in [6, 6.07) is 18.9. The largest absolute Gasteiger partial charge is 0.351 e. The molecule has 0 amide bonds. The summed E-state index contributed by atoms with van der Waals surface area (Å²) < 4.78 is 0. The molecule has 31 heavy (non-hydrogen) atoms. The molecule has 1 fully saturated rings. The van der Waals surface area contributed by atoms with Gasteiger partial charge >= 0.3 is 0 Å². The van der Waals surface area contributed by atoms with Crippen LogP contribution in [0.4, 0.5) is 11.8 Å². The van der Waals surface area contributed by atoms with Crippen molar-refractivity contribution in [3.63, 3.8) is 0 Å². The van der Waals surface area contributed by atoms with Crippen LogP contribution in [0.15, 0.2) is 67.0 Å². The minimum atomic E-state index is 0.785. The summed E-state index contributed by atoms with van der Waals surface area (Å²) in [4.78, 5) is 13.7. The molecular weight excluding hydrogens is 384 g/mol. The lowest BCUT2D eigenvalue weighted by Gasteiger charge is -2.35. The van der Waals surface area contributed by atoms with Crippen molar-refractivity contribution in [2.45, 2.75) is 19.8 Å². The van der Waals surface area contributed by atoms with Gasteiger partial charge in [-0.1, -0.05) is 61.5 Å². The molecule has 2 aromatic carbocycles. The minimum absolute atomic E-state index is 0.785. The molecule has 0 bridgehead atoms. The Hall–Kier alpha value is -3.54. The molecular formula is C25H26N6. The Balaban J connectivity index is 1.36. The van der Waals surface area contributed by atoms with Gasteiger partial charge in [0.25, 0.3) is 0 Å². The highest BCUT2D eigenvalue weighted by molar-refractivity contribution is 5.93. The first-order valence-electron chi connectivity index (χ1n) is 10.9. The molecule has 1 aliphatic rings. The van der Waals surface area contributed by atoms with E-state index in [2.05, 4.69) is 85.4 Å². The zero-order chi connectivity index (χ0) is 21.0. The molecule has 0 spiro atoms. The SMILES string of the molecule is CCc1cnc(N2CCN(c3nnc(Cc4ccccc4)c4ccccc34)CC2)nc1. The Morgan fingerprint density at radius 2 is 1.35 bits per heavy atom. The van der Waals surface area contributed by atoms with Crippen LogP contribution in [0.3, 0.4) is 0 Å². The molecule has 0 saturated carbocycles. The molecule has 0 N–H and O–H groups in total. The fourth-order valence-electron chi connectivity index (χ4n) is 4.11. The van der Waals surface area contributed by atoms with Crippen LogP contribution in [0.1, 0.15) is 23.7 Å². The predicted molar refractivity (Wildman–Crippen MR) is 125 cm³/mol. The van der Waals surface area contributed by atoms with Crippen LogP contribution < -0.4 is 9.80 Å². The van der Waals surface area contributed by atoms with Gasteiger partial charge in [0.15, 0.2) is 5.82 Å². The third kappa shape index (κ3) is 4.06.